The van der Waals surface area contributed by atoms with Crippen LogP contribution in [0, 0.1) is 11.3 Å². The van der Waals surface area contributed by atoms with Gasteiger partial charge in [0.05, 0.1) is 10.7 Å². The molecular formula is C16H21ClN4O2. The summed E-state index contributed by atoms with van der Waals surface area (Å²) < 4.78 is 4.99. The second kappa shape index (κ2) is 5.69. The number of halogens is 1. The van der Waals surface area contributed by atoms with Crippen molar-refractivity contribution >= 4 is 17.3 Å². The number of aromatic amines is 1. The fraction of sp³-hybridized carbons (Fsp3) is 0.500. The molecule has 3 rings (SSSR count). The van der Waals surface area contributed by atoms with E-state index in [1.54, 1.807) is 12.1 Å². The molecule has 1 aliphatic rings. The SMILES string of the molecule is CC(Nc1cc(-c2n[nH]c(=O)o2)ccc1Cl)[C@@H]1C[C@H](N)C1(C)C. The molecule has 0 bridgehead atoms. The van der Waals surface area contributed by atoms with E-state index in [1.807, 2.05) is 6.07 Å². The quantitative estimate of drug-likeness (QED) is 0.797. The summed E-state index contributed by atoms with van der Waals surface area (Å²) >= 11 is 6.29. The van der Waals surface area contributed by atoms with Gasteiger partial charge < -0.3 is 15.5 Å². The number of nitrogens with two attached hydrogens (primary N) is 1. The van der Waals surface area contributed by atoms with Gasteiger partial charge in [-0.1, -0.05) is 25.4 Å². The molecule has 4 N–H and O–H groups in total. The lowest BCUT2D eigenvalue weighted by Crippen LogP contribution is -2.59. The molecule has 1 aromatic heterocycles. The van der Waals surface area contributed by atoms with Gasteiger partial charge in [-0.3, -0.25) is 0 Å². The van der Waals surface area contributed by atoms with Crippen LogP contribution in [0.3, 0.4) is 0 Å². The minimum absolute atomic E-state index is 0.103. The molecule has 1 aromatic carbocycles. The second-order valence-electron chi connectivity index (χ2n) is 6.82. The van der Waals surface area contributed by atoms with Gasteiger partial charge in [-0.15, -0.1) is 5.10 Å². The Labute approximate surface area is 139 Å². The van der Waals surface area contributed by atoms with Crippen molar-refractivity contribution in [2.75, 3.05) is 5.32 Å². The largest absolute Gasteiger partial charge is 0.434 e. The highest BCUT2D eigenvalue weighted by atomic mass is 35.5. The summed E-state index contributed by atoms with van der Waals surface area (Å²) in [6.07, 6.45) is 0.993. The minimum Gasteiger partial charge on any atom is -0.388 e. The van der Waals surface area contributed by atoms with Gasteiger partial charge in [0, 0.05) is 17.6 Å². The van der Waals surface area contributed by atoms with Crippen LogP contribution in [-0.4, -0.2) is 22.3 Å². The molecule has 0 aliphatic heterocycles. The van der Waals surface area contributed by atoms with Gasteiger partial charge in [0.1, 0.15) is 0 Å². The molecule has 23 heavy (non-hydrogen) atoms. The number of hydrogen-bond donors (Lipinski definition) is 3. The van der Waals surface area contributed by atoms with Gasteiger partial charge in [-0.2, -0.15) is 0 Å². The van der Waals surface area contributed by atoms with Crippen LogP contribution >= 0.6 is 11.6 Å². The molecule has 124 valence electrons. The van der Waals surface area contributed by atoms with Gasteiger partial charge >= 0.3 is 5.76 Å². The van der Waals surface area contributed by atoms with E-state index in [9.17, 15) is 4.79 Å². The molecule has 0 radical (unpaired) electrons. The predicted molar refractivity (Wildman–Crippen MR) is 90.5 cm³/mol. The van der Waals surface area contributed by atoms with Crippen LogP contribution in [0.1, 0.15) is 27.2 Å². The lowest BCUT2D eigenvalue weighted by molar-refractivity contribution is 0.0272. The third kappa shape index (κ3) is 2.88. The average Bonchev–Trinajstić information content (AvgIpc) is 2.93. The highest BCUT2D eigenvalue weighted by Gasteiger charge is 2.48. The Kier molecular flexibility index (Phi) is 3.98. The Bertz CT molecular complexity index is 767. The van der Waals surface area contributed by atoms with Crippen LogP contribution in [0.4, 0.5) is 5.69 Å². The van der Waals surface area contributed by atoms with E-state index in [2.05, 4.69) is 36.3 Å². The van der Waals surface area contributed by atoms with Gasteiger partial charge in [0.2, 0.25) is 5.89 Å². The molecule has 3 atom stereocenters. The van der Waals surface area contributed by atoms with E-state index in [0.717, 1.165) is 12.1 Å². The van der Waals surface area contributed by atoms with Crippen molar-refractivity contribution < 1.29 is 4.42 Å². The van der Waals surface area contributed by atoms with Gasteiger partial charge in [-0.05, 0) is 42.9 Å². The molecular weight excluding hydrogens is 316 g/mol. The zero-order chi connectivity index (χ0) is 16.8. The maximum absolute atomic E-state index is 11.1. The van der Waals surface area contributed by atoms with Crippen LogP contribution in [0.5, 0.6) is 0 Å². The van der Waals surface area contributed by atoms with E-state index in [1.165, 1.54) is 0 Å². The first-order valence-electron chi connectivity index (χ1n) is 7.66. The van der Waals surface area contributed by atoms with Crippen LogP contribution in [0.15, 0.2) is 27.4 Å². The van der Waals surface area contributed by atoms with Crippen molar-refractivity contribution in [3.63, 3.8) is 0 Å². The monoisotopic (exact) mass is 336 g/mol. The summed E-state index contributed by atoms with van der Waals surface area (Å²) in [5.41, 5.74) is 7.68. The number of aromatic nitrogens is 2. The summed E-state index contributed by atoms with van der Waals surface area (Å²) in [7, 11) is 0. The van der Waals surface area contributed by atoms with Crippen molar-refractivity contribution in [2.45, 2.75) is 39.3 Å². The van der Waals surface area contributed by atoms with E-state index >= 15 is 0 Å². The third-order valence-electron chi connectivity index (χ3n) is 5.06. The molecule has 7 heteroatoms. The second-order valence-corrected chi connectivity index (χ2v) is 7.22. The summed E-state index contributed by atoms with van der Waals surface area (Å²) in [5.74, 6) is 0.136. The molecule has 1 saturated carbocycles. The lowest BCUT2D eigenvalue weighted by atomic mass is 9.56. The molecule has 0 amide bonds. The highest BCUT2D eigenvalue weighted by molar-refractivity contribution is 6.33. The number of anilines is 1. The first-order chi connectivity index (χ1) is 10.8. The molecule has 2 aromatic rings. The Morgan fingerprint density at radius 2 is 2.26 bits per heavy atom. The van der Waals surface area contributed by atoms with Crippen molar-refractivity contribution in [2.24, 2.45) is 17.1 Å². The van der Waals surface area contributed by atoms with Crippen LogP contribution < -0.4 is 16.8 Å². The van der Waals surface area contributed by atoms with E-state index < -0.39 is 5.76 Å². The number of nitrogens with one attached hydrogen (secondary N) is 2. The zero-order valence-electron chi connectivity index (χ0n) is 13.4. The van der Waals surface area contributed by atoms with Crippen molar-refractivity contribution in [1.29, 1.82) is 0 Å². The first-order valence-corrected chi connectivity index (χ1v) is 8.04. The van der Waals surface area contributed by atoms with Crippen molar-refractivity contribution in [3.8, 4) is 11.5 Å². The van der Waals surface area contributed by atoms with Crippen molar-refractivity contribution in [3.05, 3.63) is 33.8 Å². The van der Waals surface area contributed by atoms with Gasteiger partial charge in [-0.25, -0.2) is 9.89 Å². The number of hydrogen-bond acceptors (Lipinski definition) is 5. The van der Waals surface area contributed by atoms with E-state index in [4.69, 9.17) is 21.8 Å². The summed E-state index contributed by atoms with van der Waals surface area (Å²) in [6.45, 7) is 6.52. The topological polar surface area (TPSA) is 96.9 Å². The normalized spacial score (nSPS) is 24.0. The smallest absolute Gasteiger partial charge is 0.388 e. The summed E-state index contributed by atoms with van der Waals surface area (Å²) in [5, 5.41) is 10.2. The Balaban J connectivity index is 1.81. The standard InChI is InChI=1S/C16H21ClN4O2/c1-8(10-7-13(18)16(10,2)3)19-12-6-9(4-5-11(12)17)14-20-21-15(22)23-14/h4-6,8,10,13,19H,7,18H2,1-3H3,(H,21,22)/t8?,10-,13-/m0/s1. The number of H-pyrrole nitrogens is 1. The lowest BCUT2D eigenvalue weighted by Gasteiger charge is -2.53. The van der Waals surface area contributed by atoms with E-state index in [-0.39, 0.29) is 23.4 Å². The maximum Gasteiger partial charge on any atom is 0.434 e. The third-order valence-corrected chi connectivity index (χ3v) is 5.39. The number of nitrogens with zero attached hydrogens (tertiary/aromatic N) is 1. The van der Waals surface area contributed by atoms with Crippen LogP contribution in [-0.2, 0) is 0 Å². The zero-order valence-corrected chi connectivity index (χ0v) is 14.1. The van der Waals surface area contributed by atoms with Crippen molar-refractivity contribution in [1.82, 2.24) is 10.2 Å². The molecule has 6 nitrogen and oxygen atoms in total. The van der Waals surface area contributed by atoms with Crippen LogP contribution in [0.25, 0.3) is 11.5 Å². The molecule has 1 heterocycles. The summed E-state index contributed by atoms with van der Waals surface area (Å²) in [4.78, 5) is 11.1. The first kappa shape index (κ1) is 16.1. The highest BCUT2D eigenvalue weighted by Crippen LogP contribution is 2.47. The van der Waals surface area contributed by atoms with E-state index in [0.29, 0.717) is 16.5 Å². The Morgan fingerprint density at radius 1 is 1.52 bits per heavy atom. The molecule has 1 fully saturated rings. The molecule has 1 aliphatic carbocycles. The molecule has 0 spiro atoms. The fourth-order valence-corrected chi connectivity index (χ4v) is 3.48. The Hall–Kier alpha value is -1.79. The van der Waals surface area contributed by atoms with Gasteiger partial charge in [0.15, 0.2) is 0 Å². The summed E-state index contributed by atoms with van der Waals surface area (Å²) in [6, 6.07) is 5.82. The Morgan fingerprint density at radius 3 is 2.83 bits per heavy atom. The fourth-order valence-electron chi connectivity index (χ4n) is 3.31. The molecule has 0 saturated heterocycles. The number of benzene rings is 1. The number of rotatable bonds is 4. The van der Waals surface area contributed by atoms with Crippen LogP contribution in [0.2, 0.25) is 5.02 Å². The maximum atomic E-state index is 11.1. The predicted octanol–water partition coefficient (Wildman–Crippen LogP) is 2.86. The minimum atomic E-state index is -0.581. The van der Waals surface area contributed by atoms with Gasteiger partial charge in [0.25, 0.3) is 0 Å². The molecule has 1 unspecified atom stereocenters. The average molecular weight is 337 g/mol.